The number of hydrogen-bond donors (Lipinski definition) is 1. The van der Waals surface area contributed by atoms with E-state index in [1.807, 2.05) is 12.1 Å². The van der Waals surface area contributed by atoms with Crippen LogP contribution in [0.5, 0.6) is 0 Å². The predicted octanol–water partition coefficient (Wildman–Crippen LogP) is 3.16. The predicted molar refractivity (Wildman–Crippen MR) is 118 cm³/mol. The largest absolute Gasteiger partial charge is 0.348 e. The Kier molecular flexibility index (Phi) is 4.95. The molecule has 0 saturated heterocycles. The second-order valence-corrected chi connectivity index (χ2v) is 7.39. The van der Waals surface area contributed by atoms with Crippen LogP contribution in [0.1, 0.15) is 21.5 Å². The summed E-state index contributed by atoms with van der Waals surface area (Å²) in [5, 5.41) is 7.13. The molecule has 158 valence electrons. The number of pyridine rings is 1. The molecule has 2 aromatic carbocycles. The molecule has 0 atom stereocenters. The zero-order valence-corrected chi connectivity index (χ0v) is 16.9. The number of nitrogens with one attached hydrogen (secondary N) is 1. The van der Waals surface area contributed by atoms with Crippen LogP contribution in [-0.2, 0) is 13.1 Å². The first-order valence-electron chi connectivity index (χ1n) is 10.0. The van der Waals surface area contributed by atoms with E-state index in [1.165, 1.54) is 12.1 Å². The molecule has 0 unspecified atom stereocenters. The number of halogens is 1. The molecule has 1 amide bonds. The lowest BCUT2D eigenvalue weighted by Crippen LogP contribution is -2.25. The lowest BCUT2D eigenvalue weighted by atomic mass is 10.1. The third-order valence-corrected chi connectivity index (χ3v) is 5.30. The van der Waals surface area contributed by atoms with Crippen LogP contribution in [0.15, 0.2) is 84.0 Å². The first-order chi connectivity index (χ1) is 15.6. The summed E-state index contributed by atoms with van der Waals surface area (Å²) < 4.78 is 16.8. The fourth-order valence-electron chi connectivity index (χ4n) is 3.72. The number of rotatable bonds is 5. The maximum Gasteiger partial charge on any atom is 0.277 e. The molecular formula is C24H18FN5O2. The molecule has 3 aromatic heterocycles. The second-order valence-electron chi connectivity index (χ2n) is 7.39. The Balaban J connectivity index is 1.58. The van der Waals surface area contributed by atoms with Crippen molar-refractivity contribution in [2.45, 2.75) is 13.1 Å². The highest BCUT2D eigenvalue weighted by Crippen LogP contribution is 2.18. The van der Waals surface area contributed by atoms with E-state index in [-0.39, 0.29) is 23.8 Å². The van der Waals surface area contributed by atoms with Crippen LogP contribution < -0.4 is 10.9 Å². The number of fused-ring (bicyclic) bond motifs is 3. The summed E-state index contributed by atoms with van der Waals surface area (Å²) in [4.78, 5) is 29.9. The fraction of sp³-hybridized carbons (Fsp3) is 0.0833. The lowest BCUT2D eigenvalue weighted by Gasteiger charge is -2.14. The van der Waals surface area contributed by atoms with Crippen molar-refractivity contribution in [3.05, 3.63) is 112 Å². The molecule has 8 heteroatoms. The van der Waals surface area contributed by atoms with Crippen LogP contribution in [0.2, 0.25) is 0 Å². The van der Waals surface area contributed by atoms with Gasteiger partial charge in [-0.2, -0.15) is 5.10 Å². The molecular weight excluding hydrogens is 409 g/mol. The molecule has 0 saturated carbocycles. The Morgan fingerprint density at radius 1 is 0.906 bits per heavy atom. The van der Waals surface area contributed by atoms with Gasteiger partial charge in [-0.1, -0.05) is 12.1 Å². The fourth-order valence-corrected chi connectivity index (χ4v) is 3.72. The van der Waals surface area contributed by atoms with Gasteiger partial charge < -0.3 is 9.88 Å². The molecule has 0 aliphatic rings. The molecule has 0 bridgehead atoms. The smallest absolute Gasteiger partial charge is 0.277 e. The minimum Gasteiger partial charge on any atom is -0.348 e. The summed E-state index contributed by atoms with van der Waals surface area (Å²) in [6.45, 7) is 0.518. The normalized spacial score (nSPS) is 11.2. The van der Waals surface area contributed by atoms with Gasteiger partial charge in [0.05, 0.1) is 23.8 Å². The monoisotopic (exact) mass is 427 g/mol. The van der Waals surface area contributed by atoms with E-state index in [9.17, 15) is 14.0 Å². The van der Waals surface area contributed by atoms with Gasteiger partial charge in [-0.25, -0.2) is 8.91 Å². The summed E-state index contributed by atoms with van der Waals surface area (Å²) in [6.07, 6.45) is 4.88. The molecule has 32 heavy (non-hydrogen) atoms. The van der Waals surface area contributed by atoms with E-state index < -0.39 is 0 Å². The standard InChI is InChI=1S/C24H18FN5O2/c25-19-3-1-2-17(12-19)15-29-22-13-18(23(31)27-14-16-6-9-26-10-7-16)4-5-20(22)30-21(24(29)32)8-11-28-30/h1-13H,14-15H2,(H,27,31). The van der Waals surface area contributed by atoms with Crippen LogP contribution in [-0.4, -0.2) is 25.1 Å². The van der Waals surface area contributed by atoms with E-state index in [0.717, 1.165) is 5.56 Å². The number of aromatic nitrogens is 4. The molecule has 0 aliphatic heterocycles. The van der Waals surface area contributed by atoms with Gasteiger partial charge in [-0.15, -0.1) is 0 Å². The molecule has 7 nitrogen and oxygen atoms in total. The molecule has 0 spiro atoms. The maximum absolute atomic E-state index is 13.7. The van der Waals surface area contributed by atoms with Gasteiger partial charge in [0.1, 0.15) is 11.3 Å². The molecule has 3 heterocycles. The SMILES string of the molecule is O=C(NCc1ccncc1)c1ccc2c(c1)n(Cc1cccc(F)c1)c(=O)c1ccnn12. The van der Waals surface area contributed by atoms with Crippen LogP contribution in [0, 0.1) is 5.82 Å². The number of benzene rings is 2. The maximum atomic E-state index is 13.7. The number of amides is 1. The van der Waals surface area contributed by atoms with Crippen molar-refractivity contribution in [3.8, 4) is 0 Å². The number of hydrogen-bond acceptors (Lipinski definition) is 4. The van der Waals surface area contributed by atoms with Crippen molar-refractivity contribution < 1.29 is 9.18 Å². The number of nitrogens with zero attached hydrogens (tertiary/aromatic N) is 4. The summed E-state index contributed by atoms with van der Waals surface area (Å²) in [6, 6.07) is 16.5. The van der Waals surface area contributed by atoms with Gasteiger partial charge in [-0.05, 0) is 59.7 Å². The van der Waals surface area contributed by atoms with Crippen LogP contribution in [0.3, 0.4) is 0 Å². The van der Waals surface area contributed by atoms with E-state index in [1.54, 1.807) is 64.1 Å². The molecule has 5 rings (SSSR count). The van der Waals surface area contributed by atoms with E-state index in [0.29, 0.717) is 34.2 Å². The highest BCUT2D eigenvalue weighted by Gasteiger charge is 2.15. The van der Waals surface area contributed by atoms with E-state index in [2.05, 4.69) is 15.4 Å². The van der Waals surface area contributed by atoms with Crippen molar-refractivity contribution in [2.75, 3.05) is 0 Å². The Morgan fingerprint density at radius 2 is 1.75 bits per heavy atom. The molecule has 0 radical (unpaired) electrons. The topological polar surface area (TPSA) is 81.3 Å². The third-order valence-electron chi connectivity index (χ3n) is 5.30. The molecule has 0 aliphatic carbocycles. The van der Waals surface area contributed by atoms with E-state index >= 15 is 0 Å². The quantitative estimate of drug-likeness (QED) is 0.467. The van der Waals surface area contributed by atoms with Crippen molar-refractivity contribution in [1.29, 1.82) is 0 Å². The summed E-state index contributed by atoms with van der Waals surface area (Å²) in [7, 11) is 0. The van der Waals surface area contributed by atoms with Crippen molar-refractivity contribution >= 4 is 22.5 Å². The van der Waals surface area contributed by atoms with Gasteiger partial charge in [-0.3, -0.25) is 14.6 Å². The molecule has 0 fully saturated rings. The Labute approximate surface area is 181 Å². The van der Waals surface area contributed by atoms with Crippen molar-refractivity contribution in [2.24, 2.45) is 0 Å². The summed E-state index contributed by atoms with van der Waals surface area (Å²) >= 11 is 0. The van der Waals surface area contributed by atoms with Crippen LogP contribution in [0.25, 0.3) is 16.6 Å². The van der Waals surface area contributed by atoms with E-state index in [4.69, 9.17) is 0 Å². The highest BCUT2D eigenvalue weighted by molar-refractivity contribution is 5.97. The lowest BCUT2D eigenvalue weighted by molar-refractivity contribution is 0.0951. The third kappa shape index (κ3) is 3.62. The molecule has 1 N–H and O–H groups in total. The van der Waals surface area contributed by atoms with Gasteiger partial charge in [0.15, 0.2) is 0 Å². The van der Waals surface area contributed by atoms with Crippen LogP contribution in [0.4, 0.5) is 4.39 Å². The second kappa shape index (κ2) is 8.07. The average Bonchev–Trinajstić information content (AvgIpc) is 3.31. The van der Waals surface area contributed by atoms with Gasteiger partial charge in [0, 0.05) is 24.5 Å². The highest BCUT2D eigenvalue weighted by atomic mass is 19.1. The van der Waals surface area contributed by atoms with Gasteiger partial charge in [0.2, 0.25) is 0 Å². The zero-order valence-electron chi connectivity index (χ0n) is 16.9. The molecule has 5 aromatic rings. The first kappa shape index (κ1) is 19.6. The average molecular weight is 427 g/mol. The minimum absolute atomic E-state index is 0.164. The van der Waals surface area contributed by atoms with Crippen molar-refractivity contribution in [3.63, 3.8) is 0 Å². The van der Waals surface area contributed by atoms with Crippen molar-refractivity contribution in [1.82, 2.24) is 24.5 Å². The van der Waals surface area contributed by atoms with Crippen LogP contribution >= 0.6 is 0 Å². The minimum atomic E-state index is -0.374. The van der Waals surface area contributed by atoms with Gasteiger partial charge in [0.25, 0.3) is 11.5 Å². The summed E-state index contributed by atoms with van der Waals surface area (Å²) in [5.74, 6) is -0.643. The summed E-state index contributed by atoms with van der Waals surface area (Å²) in [5.41, 5.74) is 3.32. The Bertz CT molecular complexity index is 1510. The number of carbonyl (C=O) groups excluding carboxylic acids is 1. The number of carbonyl (C=O) groups is 1. The Hall–Kier alpha value is -4.33. The van der Waals surface area contributed by atoms with Gasteiger partial charge >= 0.3 is 0 Å². The Morgan fingerprint density at radius 3 is 2.56 bits per heavy atom. The first-order valence-corrected chi connectivity index (χ1v) is 10.0. The zero-order chi connectivity index (χ0) is 22.1.